The van der Waals surface area contributed by atoms with Crippen molar-refractivity contribution in [1.29, 1.82) is 0 Å². The highest BCUT2D eigenvalue weighted by Gasteiger charge is 2.22. The Bertz CT molecular complexity index is 788. The first-order valence-electron chi connectivity index (χ1n) is 7.66. The van der Waals surface area contributed by atoms with Crippen LogP contribution in [0.25, 0.3) is 0 Å². The maximum atomic E-state index is 12.3. The van der Waals surface area contributed by atoms with Crippen LogP contribution < -0.4 is 10.9 Å². The molecule has 0 aliphatic carbocycles. The minimum atomic E-state index is -1.15. The fourth-order valence-corrected chi connectivity index (χ4v) is 2.19. The molecule has 0 fully saturated rings. The number of carbonyl (C=O) groups is 2. The summed E-state index contributed by atoms with van der Waals surface area (Å²) in [4.78, 5) is 35.4. The summed E-state index contributed by atoms with van der Waals surface area (Å²) in [7, 11) is 1.49. The van der Waals surface area contributed by atoms with Crippen LogP contribution in [0.2, 0.25) is 0 Å². The SMILES string of the molecule is COCCn1nc(C(=O)NC(Cc2ccccc2)C(=O)O)ccc1=O. The van der Waals surface area contributed by atoms with E-state index < -0.39 is 17.9 Å². The van der Waals surface area contributed by atoms with Gasteiger partial charge in [-0.2, -0.15) is 5.10 Å². The van der Waals surface area contributed by atoms with Gasteiger partial charge in [0.1, 0.15) is 11.7 Å². The molecule has 1 aromatic carbocycles. The first kappa shape index (κ1) is 18.3. The second kappa shape index (κ2) is 8.74. The Labute approximate surface area is 144 Å². The molecule has 8 heteroatoms. The second-order valence-electron chi connectivity index (χ2n) is 5.33. The molecule has 2 rings (SSSR count). The average molecular weight is 345 g/mol. The van der Waals surface area contributed by atoms with Crippen molar-refractivity contribution in [1.82, 2.24) is 15.1 Å². The maximum absolute atomic E-state index is 12.3. The van der Waals surface area contributed by atoms with E-state index in [4.69, 9.17) is 4.74 Å². The van der Waals surface area contributed by atoms with Crippen molar-refractivity contribution in [2.45, 2.75) is 19.0 Å². The van der Waals surface area contributed by atoms with Gasteiger partial charge in [0.05, 0.1) is 13.2 Å². The quantitative estimate of drug-likeness (QED) is 0.713. The third kappa shape index (κ3) is 5.25. The molecule has 1 aromatic heterocycles. The van der Waals surface area contributed by atoms with Crippen molar-refractivity contribution in [3.05, 3.63) is 64.1 Å². The second-order valence-corrected chi connectivity index (χ2v) is 5.33. The predicted molar refractivity (Wildman–Crippen MR) is 89.4 cm³/mol. The zero-order valence-electron chi connectivity index (χ0n) is 13.7. The molecule has 2 aromatic rings. The average Bonchev–Trinajstić information content (AvgIpc) is 2.61. The third-order valence-electron chi connectivity index (χ3n) is 3.49. The Hall–Kier alpha value is -3.00. The van der Waals surface area contributed by atoms with E-state index >= 15 is 0 Å². The number of rotatable bonds is 8. The number of ether oxygens (including phenoxy) is 1. The zero-order chi connectivity index (χ0) is 18.2. The van der Waals surface area contributed by atoms with E-state index in [1.54, 1.807) is 24.3 Å². The van der Waals surface area contributed by atoms with Gasteiger partial charge < -0.3 is 15.2 Å². The summed E-state index contributed by atoms with van der Waals surface area (Å²) in [5, 5.41) is 15.7. The number of carbonyl (C=O) groups excluding carboxylic acids is 1. The van der Waals surface area contributed by atoms with Gasteiger partial charge >= 0.3 is 5.97 Å². The lowest BCUT2D eigenvalue weighted by Crippen LogP contribution is -2.43. The molecule has 132 valence electrons. The van der Waals surface area contributed by atoms with Gasteiger partial charge in [0.25, 0.3) is 11.5 Å². The number of aliphatic carboxylic acids is 1. The number of benzene rings is 1. The number of nitrogens with one attached hydrogen (secondary N) is 1. The summed E-state index contributed by atoms with van der Waals surface area (Å²) < 4.78 is 5.99. The monoisotopic (exact) mass is 345 g/mol. The molecule has 1 heterocycles. The van der Waals surface area contributed by atoms with E-state index in [0.29, 0.717) is 0 Å². The molecule has 0 aliphatic rings. The zero-order valence-corrected chi connectivity index (χ0v) is 13.7. The number of hydrogen-bond acceptors (Lipinski definition) is 5. The lowest BCUT2D eigenvalue weighted by molar-refractivity contribution is -0.139. The normalized spacial score (nSPS) is 11.7. The van der Waals surface area contributed by atoms with Crippen LogP contribution in [0.15, 0.2) is 47.3 Å². The molecule has 0 radical (unpaired) electrons. The van der Waals surface area contributed by atoms with E-state index in [2.05, 4.69) is 10.4 Å². The molecule has 0 saturated heterocycles. The molecular weight excluding hydrogens is 326 g/mol. The van der Waals surface area contributed by atoms with E-state index in [1.165, 1.54) is 19.2 Å². The van der Waals surface area contributed by atoms with E-state index in [1.807, 2.05) is 6.07 Å². The molecule has 0 aliphatic heterocycles. The van der Waals surface area contributed by atoms with Crippen molar-refractivity contribution in [2.24, 2.45) is 0 Å². The van der Waals surface area contributed by atoms with Crippen LogP contribution in [0.3, 0.4) is 0 Å². The van der Waals surface area contributed by atoms with Gasteiger partial charge in [-0.05, 0) is 11.6 Å². The first-order valence-corrected chi connectivity index (χ1v) is 7.66. The number of methoxy groups -OCH3 is 1. The van der Waals surface area contributed by atoms with Crippen molar-refractivity contribution in [2.75, 3.05) is 13.7 Å². The lowest BCUT2D eigenvalue weighted by atomic mass is 10.1. The summed E-state index contributed by atoms with van der Waals surface area (Å²) in [6.07, 6.45) is 0.144. The molecule has 0 saturated carbocycles. The largest absolute Gasteiger partial charge is 0.480 e. The summed E-state index contributed by atoms with van der Waals surface area (Å²) in [5.41, 5.74) is 0.385. The van der Waals surface area contributed by atoms with Crippen LogP contribution in [0.5, 0.6) is 0 Å². The van der Waals surface area contributed by atoms with Crippen LogP contribution in [0.4, 0.5) is 0 Å². The number of carboxylic acid groups (broad SMARTS) is 1. The fraction of sp³-hybridized carbons (Fsp3) is 0.294. The van der Waals surface area contributed by atoms with Gasteiger partial charge in [-0.1, -0.05) is 30.3 Å². The van der Waals surface area contributed by atoms with Crippen LogP contribution in [0.1, 0.15) is 16.1 Å². The highest BCUT2D eigenvalue weighted by Crippen LogP contribution is 2.04. The van der Waals surface area contributed by atoms with E-state index in [9.17, 15) is 19.5 Å². The number of amides is 1. The summed E-state index contributed by atoms with van der Waals surface area (Å²) in [6, 6.07) is 10.4. The minimum absolute atomic E-state index is 0.0324. The van der Waals surface area contributed by atoms with Gasteiger partial charge in [-0.3, -0.25) is 9.59 Å². The Morgan fingerprint density at radius 2 is 1.96 bits per heavy atom. The minimum Gasteiger partial charge on any atom is -0.480 e. The summed E-state index contributed by atoms with van der Waals surface area (Å²) >= 11 is 0. The maximum Gasteiger partial charge on any atom is 0.326 e. The highest BCUT2D eigenvalue weighted by molar-refractivity contribution is 5.94. The first-order chi connectivity index (χ1) is 12.0. The Balaban J connectivity index is 2.13. The van der Waals surface area contributed by atoms with Gasteiger partial charge in [0, 0.05) is 19.6 Å². The molecule has 25 heavy (non-hydrogen) atoms. The Morgan fingerprint density at radius 3 is 2.60 bits per heavy atom. The number of carboxylic acids is 1. The van der Waals surface area contributed by atoms with Crippen LogP contribution in [-0.2, 0) is 22.5 Å². The van der Waals surface area contributed by atoms with Crippen LogP contribution >= 0.6 is 0 Å². The molecular formula is C17H19N3O5. The topological polar surface area (TPSA) is 111 Å². The number of nitrogens with zero attached hydrogens (tertiary/aromatic N) is 2. The standard InChI is InChI=1S/C17H19N3O5/c1-25-10-9-20-15(21)8-7-13(19-20)16(22)18-14(17(23)24)11-12-5-3-2-4-6-12/h2-8,14H,9-11H2,1H3,(H,18,22)(H,23,24). The smallest absolute Gasteiger partial charge is 0.326 e. The molecule has 0 bridgehead atoms. The number of aromatic nitrogens is 2. The molecule has 8 nitrogen and oxygen atoms in total. The molecule has 1 amide bonds. The summed E-state index contributed by atoms with van der Waals surface area (Å²) in [5.74, 6) is -1.81. The predicted octanol–water partition coefficient (Wildman–Crippen LogP) is 0.315. The Morgan fingerprint density at radius 1 is 1.24 bits per heavy atom. The van der Waals surface area contributed by atoms with Crippen molar-refractivity contribution < 1.29 is 19.4 Å². The van der Waals surface area contributed by atoms with E-state index in [-0.39, 0.29) is 30.8 Å². The highest BCUT2D eigenvalue weighted by atomic mass is 16.5. The summed E-state index contributed by atoms with van der Waals surface area (Å²) in [6.45, 7) is 0.465. The van der Waals surface area contributed by atoms with Crippen molar-refractivity contribution in [3.8, 4) is 0 Å². The third-order valence-corrected chi connectivity index (χ3v) is 3.49. The Kier molecular flexibility index (Phi) is 6.41. The van der Waals surface area contributed by atoms with E-state index in [0.717, 1.165) is 10.2 Å². The molecule has 2 N–H and O–H groups in total. The fourth-order valence-electron chi connectivity index (χ4n) is 2.19. The molecule has 0 spiro atoms. The van der Waals surface area contributed by atoms with Gasteiger partial charge in [0.15, 0.2) is 0 Å². The van der Waals surface area contributed by atoms with Crippen molar-refractivity contribution in [3.63, 3.8) is 0 Å². The van der Waals surface area contributed by atoms with Gasteiger partial charge in [-0.15, -0.1) is 0 Å². The van der Waals surface area contributed by atoms with Crippen molar-refractivity contribution >= 4 is 11.9 Å². The molecule has 1 atom stereocenters. The number of hydrogen-bond donors (Lipinski definition) is 2. The van der Waals surface area contributed by atoms with Gasteiger partial charge in [0.2, 0.25) is 0 Å². The lowest BCUT2D eigenvalue weighted by Gasteiger charge is -2.14. The van der Waals surface area contributed by atoms with Gasteiger partial charge in [-0.25, -0.2) is 9.48 Å². The van der Waals surface area contributed by atoms with Crippen LogP contribution in [-0.4, -0.2) is 46.5 Å². The van der Waals surface area contributed by atoms with Crippen LogP contribution in [0, 0.1) is 0 Å². The molecule has 1 unspecified atom stereocenters.